The zero-order valence-electron chi connectivity index (χ0n) is 9.66. The molecule has 0 atom stereocenters. The predicted octanol–water partition coefficient (Wildman–Crippen LogP) is 3.63. The summed E-state index contributed by atoms with van der Waals surface area (Å²) in [4.78, 5) is 4.39. The van der Waals surface area contributed by atoms with Crippen molar-refractivity contribution in [2.45, 2.75) is 26.8 Å². The Kier molecular flexibility index (Phi) is 3.57. The Bertz CT molecular complexity index is 462. The Hall–Kier alpha value is -1.35. The van der Waals surface area contributed by atoms with Crippen LogP contribution in [0.4, 0.5) is 5.13 Å². The highest BCUT2D eigenvalue weighted by Gasteiger charge is 2.01. The molecule has 2 rings (SSSR count). The van der Waals surface area contributed by atoms with Crippen LogP contribution in [0.1, 0.15) is 23.7 Å². The molecule has 0 fully saturated rings. The molecule has 0 amide bonds. The van der Waals surface area contributed by atoms with Crippen LogP contribution in [0.3, 0.4) is 0 Å². The highest BCUT2D eigenvalue weighted by molar-refractivity contribution is 7.13. The van der Waals surface area contributed by atoms with Crippen LogP contribution in [-0.4, -0.2) is 4.98 Å². The van der Waals surface area contributed by atoms with Gasteiger partial charge in [0.1, 0.15) is 0 Å². The number of nitrogens with one attached hydrogen (secondary N) is 1. The van der Waals surface area contributed by atoms with Crippen LogP contribution in [0.25, 0.3) is 0 Å². The number of aromatic nitrogens is 1. The lowest BCUT2D eigenvalue weighted by Gasteiger charge is -2.07. The van der Waals surface area contributed by atoms with Crippen molar-refractivity contribution in [3.05, 3.63) is 46.5 Å². The average Bonchev–Trinajstić information content (AvgIpc) is 2.73. The van der Waals surface area contributed by atoms with Crippen molar-refractivity contribution in [3.63, 3.8) is 0 Å². The molecule has 1 heterocycles. The van der Waals surface area contributed by atoms with Crippen LogP contribution in [-0.2, 0) is 13.0 Å². The SMILES string of the molecule is CCc1ccccc1CNc1nc(C)cs1. The molecule has 84 valence electrons. The van der Waals surface area contributed by atoms with Gasteiger partial charge in [0.25, 0.3) is 0 Å². The molecule has 0 bridgehead atoms. The lowest BCUT2D eigenvalue weighted by Crippen LogP contribution is -2.02. The zero-order chi connectivity index (χ0) is 11.4. The Labute approximate surface area is 100 Å². The summed E-state index contributed by atoms with van der Waals surface area (Å²) in [6, 6.07) is 8.54. The maximum Gasteiger partial charge on any atom is 0.183 e. The number of nitrogens with zero attached hydrogens (tertiary/aromatic N) is 1. The van der Waals surface area contributed by atoms with E-state index in [0.717, 1.165) is 23.8 Å². The fourth-order valence-electron chi connectivity index (χ4n) is 1.68. The summed E-state index contributed by atoms with van der Waals surface area (Å²) in [5, 5.41) is 6.43. The standard InChI is InChI=1S/C13H16N2S/c1-3-11-6-4-5-7-12(11)8-14-13-15-10(2)9-16-13/h4-7,9H,3,8H2,1-2H3,(H,14,15). The van der Waals surface area contributed by atoms with Crippen LogP contribution in [0, 0.1) is 6.92 Å². The third-order valence-electron chi connectivity index (χ3n) is 2.55. The topological polar surface area (TPSA) is 24.9 Å². The molecule has 16 heavy (non-hydrogen) atoms. The van der Waals surface area contributed by atoms with Crippen LogP contribution < -0.4 is 5.32 Å². The van der Waals surface area contributed by atoms with Gasteiger partial charge in [-0.3, -0.25) is 0 Å². The molecule has 0 aliphatic rings. The van der Waals surface area contributed by atoms with Gasteiger partial charge in [-0.2, -0.15) is 0 Å². The average molecular weight is 232 g/mol. The number of anilines is 1. The first-order valence-electron chi connectivity index (χ1n) is 5.52. The molecule has 0 spiro atoms. The van der Waals surface area contributed by atoms with Crippen molar-refractivity contribution in [1.29, 1.82) is 0 Å². The number of rotatable bonds is 4. The van der Waals surface area contributed by atoms with E-state index in [9.17, 15) is 0 Å². The summed E-state index contributed by atoms with van der Waals surface area (Å²) in [5.41, 5.74) is 3.84. The van der Waals surface area contributed by atoms with E-state index in [4.69, 9.17) is 0 Å². The number of benzene rings is 1. The van der Waals surface area contributed by atoms with E-state index in [1.54, 1.807) is 11.3 Å². The molecule has 3 heteroatoms. The summed E-state index contributed by atoms with van der Waals surface area (Å²) in [6.07, 6.45) is 1.08. The third kappa shape index (κ3) is 2.61. The van der Waals surface area contributed by atoms with Gasteiger partial charge in [0, 0.05) is 11.9 Å². The highest BCUT2D eigenvalue weighted by Crippen LogP contribution is 2.17. The zero-order valence-corrected chi connectivity index (χ0v) is 10.5. The van der Waals surface area contributed by atoms with E-state index in [2.05, 4.69) is 46.9 Å². The lowest BCUT2D eigenvalue weighted by molar-refractivity contribution is 1.04. The molecule has 0 saturated heterocycles. The van der Waals surface area contributed by atoms with Gasteiger partial charge in [0.15, 0.2) is 5.13 Å². The predicted molar refractivity (Wildman–Crippen MR) is 70.0 cm³/mol. The molecule has 1 N–H and O–H groups in total. The number of thiazole rings is 1. The largest absolute Gasteiger partial charge is 0.357 e. The molecule has 2 aromatic rings. The van der Waals surface area contributed by atoms with E-state index in [-0.39, 0.29) is 0 Å². The Morgan fingerprint density at radius 3 is 2.62 bits per heavy atom. The molecule has 1 aromatic carbocycles. The summed E-state index contributed by atoms with van der Waals surface area (Å²) in [5.74, 6) is 0. The van der Waals surface area contributed by atoms with Crippen LogP contribution in [0.2, 0.25) is 0 Å². The third-order valence-corrected chi connectivity index (χ3v) is 3.47. The number of hydrogen-bond acceptors (Lipinski definition) is 3. The maximum atomic E-state index is 4.39. The summed E-state index contributed by atoms with van der Waals surface area (Å²) in [7, 11) is 0. The van der Waals surface area contributed by atoms with Gasteiger partial charge in [-0.25, -0.2) is 4.98 Å². The van der Waals surface area contributed by atoms with Gasteiger partial charge in [0.05, 0.1) is 5.69 Å². The lowest BCUT2D eigenvalue weighted by atomic mass is 10.1. The normalized spacial score (nSPS) is 10.4. The minimum Gasteiger partial charge on any atom is -0.357 e. The van der Waals surface area contributed by atoms with Crippen LogP contribution in [0.15, 0.2) is 29.6 Å². The quantitative estimate of drug-likeness (QED) is 0.870. The van der Waals surface area contributed by atoms with Crippen molar-refractivity contribution < 1.29 is 0 Å². The van der Waals surface area contributed by atoms with E-state index in [1.165, 1.54) is 11.1 Å². The molecule has 0 aliphatic heterocycles. The van der Waals surface area contributed by atoms with E-state index in [1.807, 2.05) is 6.92 Å². The molecular formula is C13H16N2S. The van der Waals surface area contributed by atoms with Crippen molar-refractivity contribution in [2.75, 3.05) is 5.32 Å². The fraction of sp³-hybridized carbons (Fsp3) is 0.308. The van der Waals surface area contributed by atoms with Crippen molar-refractivity contribution in [2.24, 2.45) is 0 Å². The monoisotopic (exact) mass is 232 g/mol. The summed E-state index contributed by atoms with van der Waals surface area (Å²) >= 11 is 1.66. The smallest absolute Gasteiger partial charge is 0.183 e. The Morgan fingerprint density at radius 2 is 2.00 bits per heavy atom. The Morgan fingerprint density at radius 1 is 1.25 bits per heavy atom. The van der Waals surface area contributed by atoms with E-state index < -0.39 is 0 Å². The first-order valence-corrected chi connectivity index (χ1v) is 6.40. The minimum absolute atomic E-state index is 0.858. The van der Waals surface area contributed by atoms with Gasteiger partial charge in [-0.15, -0.1) is 11.3 Å². The molecule has 1 aromatic heterocycles. The van der Waals surface area contributed by atoms with Gasteiger partial charge >= 0.3 is 0 Å². The highest BCUT2D eigenvalue weighted by atomic mass is 32.1. The number of aryl methyl sites for hydroxylation is 2. The second-order valence-corrected chi connectivity index (χ2v) is 4.63. The second kappa shape index (κ2) is 5.12. The summed E-state index contributed by atoms with van der Waals surface area (Å²) in [6.45, 7) is 5.06. The molecule has 2 nitrogen and oxygen atoms in total. The van der Waals surface area contributed by atoms with Crippen molar-refractivity contribution in [3.8, 4) is 0 Å². The molecular weight excluding hydrogens is 216 g/mol. The number of hydrogen-bond donors (Lipinski definition) is 1. The van der Waals surface area contributed by atoms with Gasteiger partial charge in [-0.1, -0.05) is 31.2 Å². The fourth-order valence-corrected chi connectivity index (χ4v) is 2.37. The van der Waals surface area contributed by atoms with Crippen molar-refractivity contribution in [1.82, 2.24) is 4.98 Å². The van der Waals surface area contributed by atoms with Gasteiger partial charge in [0.2, 0.25) is 0 Å². The van der Waals surface area contributed by atoms with E-state index >= 15 is 0 Å². The first kappa shape index (κ1) is 11.1. The van der Waals surface area contributed by atoms with Gasteiger partial charge < -0.3 is 5.32 Å². The van der Waals surface area contributed by atoms with Crippen LogP contribution in [0.5, 0.6) is 0 Å². The molecule has 0 saturated carbocycles. The van der Waals surface area contributed by atoms with Gasteiger partial charge in [-0.05, 0) is 24.5 Å². The van der Waals surface area contributed by atoms with Crippen molar-refractivity contribution >= 4 is 16.5 Å². The summed E-state index contributed by atoms with van der Waals surface area (Å²) < 4.78 is 0. The molecule has 0 aliphatic carbocycles. The first-order chi connectivity index (χ1) is 7.79. The van der Waals surface area contributed by atoms with Crippen LogP contribution >= 0.6 is 11.3 Å². The Balaban J connectivity index is 2.04. The second-order valence-electron chi connectivity index (χ2n) is 3.77. The molecule has 0 radical (unpaired) electrons. The molecule has 0 unspecified atom stereocenters. The minimum atomic E-state index is 0.858. The van der Waals surface area contributed by atoms with E-state index in [0.29, 0.717) is 0 Å². The maximum absolute atomic E-state index is 4.39.